The molecule has 120 valence electrons. The number of thiocyanates is 1. The number of H-pyrrole nitrogens is 2. The fourth-order valence-corrected chi connectivity index (χ4v) is 3.24. The van der Waals surface area contributed by atoms with Gasteiger partial charge in [-0.3, -0.25) is 0 Å². The Morgan fingerprint density at radius 3 is 2.08 bits per heavy atom. The molecule has 0 aliphatic heterocycles. The van der Waals surface area contributed by atoms with Crippen LogP contribution in [0.3, 0.4) is 0 Å². The molecule has 2 heterocycles. The van der Waals surface area contributed by atoms with E-state index in [9.17, 15) is 0 Å². The Morgan fingerprint density at radius 2 is 1.42 bits per heavy atom. The van der Waals surface area contributed by atoms with Crippen molar-refractivity contribution >= 4 is 33.6 Å². The third-order valence-corrected chi connectivity index (χ3v) is 4.65. The molecule has 0 bridgehead atoms. The van der Waals surface area contributed by atoms with Crippen molar-refractivity contribution in [1.82, 2.24) is 9.97 Å². The predicted octanol–water partition coefficient (Wildman–Crippen LogP) is 5.83. The molecule has 4 rings (SSSR count). The maximum atomic E-state index is 8.55. The molecule has 2 N–H and O–H groups in total. The zero-order valence-corrected chi connectivity index (χ0v) is 14.8. The van der Waals surface area contributed by atoms with E-state index in [0.29, 0.717) is 0 Å². The summed E-state index contributed by atoms with van der Waals surface area (Å²) in [7, 11) is 0. The molecular weight excluding hydrogens is 314 g/mol. The summed E-state index contributed by atoms with van der Waals surface area (Å²) in [6.07, 6.45) is 3.92. The lowest BCUT2D eigenvalue weighted by Crippen LogP contribution is -1.71. The van der Waals surface area contributed by atoms with E-state index in [0.717, 1.165) is 15.8 Å². The highest BCUT2D eigenvalue weighted by Crippen LogP contribution is 2.27. The van der Waals surface area contributed by atoms with Crippen molar-refractivity contribution in [2.45, 2.75) is 25.7 Å². The molecule has 0 radical (unpaired) electrons. The van der Waals surface area contributed by atoms with Gasteiger partial charge in [0.2, 0.25) is 0 Å². The summed E-state index contributed by atoms with van der Waals surface area (Å²) in [5.74, 6) is 0. The van der Waals surface area contributed by atoms with E-state index in [1.54, 1.807) is 0 Å². The fourth-order valence-electron chi connectivity index (χ4n) is 2.73. The van der Waals surface area contributed by atoms with E-state index in [1.165, 1.54) is 39.4 Å². The van der Waals surface area contributed by atoms with Crippen molar-refractivity contribution in [2.75, 3.05) is 0 Å². The van der Waals surface area contributed by atoms with Crippen LogP contribution in [0.1, 0.15) is 16.7 Å². The summed E-state index contributed by atoms with van der Waals surface area (Å²) in [5.41, 5.74) is 6.18. The lowest BCUT2D eigenvalue weighted by Gasteiger charge is -1.93. The van der Waals surface area contributed by atoms with Crippen LogP contribution in [0.2, 0.25) is 0 Å². The molecule has 0 saturated heterocycles. The number of rotatable bonds is 1. The number of nitrogens with zero attached hydrogens (tertiary/aromatic N) is 1. The van der Waals surface area contributed by atoms with Gasteiger partial charge in [0.15, 0.2) is 0 Å². The molecule has 0 aliphatic carbocycles. The third-order valence-electron chi connectivity index (χ3n) is 4.00. The van der Waals surface area contributed by atoms with Gasteiger partial charge in [0.25, 0.3) is 0 Å². The molecule has 0 atom stereocenters. The highest BCUT2D eigenvalue weighted by Gasteiger charge is 2.02. The molecule has 4 heteroatoms. The first kappa shape index (κ1) is 16.2. The van der Waals surface area contributed by atoms with Gasteiger partial charge in [-0.05, 0) is 61.4 Å². The number of hydrogen-bond donors (Lipinski definition) is 2. The monoisotopic (exact) mass is 333 g/mol. The lowest BCUT2D eigenvalue weighted by molar-refractivity contribution is 1.41. The zero-order chi connectivity index (χ0) is 17.1. The van der Waals surface area contributed by atoms with Crippen LogP contribution in [0.4, 0.5) is 0 Å². The van der Waals surface area contributed by atoms with E-state index in [2.05, 4.69) is 66.5 Å². The highest BCUT2D eigenvalue weighted by molar-refractivity contribution is 8.04. The van der Waals surface area contributed by atoms with Crippen LogP contribution in [0.25, 0.3) is 21.8 Å². The number of thioether (sulfide) groups is 1. The second-order valence-electron chi connectivity index (χ2n) is 5.92. The van der Waals surface area contributed by atoms with Gasteiger partial charge < -0.3 is 9.97 Å². The summed E-state index contributed by atoms with van der Waals surface area (Å²) in [6, 6.07) is 12.7. The minimum atomic E-state index is 0.998. The number of hydrogen-bond acceptors (Lipinski definition) is 2. The van der Waals surface area contributed by atoms with Gasteiger partial charge in [0.1, 0.15) is 5.40 Å². The van der Waals surface area contributed by atoms with Crippen molar-refractivity contribution < 1.29 is 0 Å². The Kier molecular flexibility index (Phi) is 4.64. The molecule has 0 amide bonds. The van der Waals surface area contributed by atoms with Gasteiger partial charge in [0, 0.05) is 39.1 Å². The Morgan fingerprint density at radius 1 is 0.833 bits per heavy atom. The van der Waals surface area contributed by atoms with Crippen LogP contribution in [0, 0.1) is 31.4 Å². The zero-order valence-electron chi connectivity index (χ0n) is 14.0. The molecular formula is C20H19N3S. The van der Waals surface area contributed by atoms with Crippen LogP contribution in [-0.2, 0) is 0 Å². The molecule has 2 aromatic carbocycles. The van der Waals surface area contributed by atoms with Gasteiger partial charge >= 0.3 is 0 Å². The number of nitrogens with one attached hydrogen (secondary N) is 2. The number of aromatic nitrogens is 2. The molecule has 2 aromatic heterocycles. The molecule has 0 aliphatic rings. The number of benzene rings is 2. The van der Waals surface area contributed by atoms with Crippen molar-refractivity contribution in [1.29, 1.82) is 5.26 Å². The van der Waals surface area contributed by atoms with Crippen molar-refractivity contribution in [3.8, 4) is 5.40 Å². The van der Waals surface area contributed by atoms with Crippen molar-refractivity contribution in [2.24, 2.45) is 0 Å². The Balaban J connectivity index is 0.000000143. The summed E-state index contributed by atoms with van der Waals surface area (Å²) in [6.45, 7) is 6.28. The lowest BCUT2D eigenvalue weighted by atomic mass is 10.1. The second-order valence-corrected chi connectivity index (χ2v) is 6.74. The summed E-state index contributed by atoms with van der Waals surface area (Å²) < 4.78 is 0. The average Bonchev–Trinajstić information content (AvgIpc) is 3.12. The average molecular weight is 333 g/mol. The summed E-state index contributed by atoms with van der Waals surface area (Å²) in [4.78, 5) is 7.37. The summed E-state index contributed by atoms with van der Waals surface area (Å²) in [5, 5.41) is 13.1. The van der Waals surface area contributed by atoms with E-state index < -0.39 is 0 Å². The molecule has 24 heavy (non-hydrogen) atoms. The molecule has 0 fully saturated rings. The number of nitriles is 1. The predicted molar refractivity (Wildman–Crippen MR) is 102 cm³/mol. The topological polar surface area (TPSA) is 55.4 Å². The molecule has 0 saturated carbocycles. The molecule has 3 nitrogen and oxygen atoms in total. The Labute approximate surface area is 145 Å². The largest absolute Gasteiger partial charge is 0.361 e. The van der Waals surface area contributed by atoms with Crippen LogP contribution in [0.5, 0.6) is 0 Å². The van der Waals surface area contributed by atoms with E-state index >= 15 is 0 Å². The smallest absolute Gasteiger partial charge is 0.138 e. The van der Waals surface area contributed by atoms with Crippen LogP contribution < -0.4 is 0 Å². The Hall–Kier alpha value is -2.64. The summed E-state index contributed by atoms with van der Waals surface area (Å²) >= 11 is 1.19. The molecule has 0 unspecified atom stereocenters. The SMILES string of the molecule is Cc1ccc2c(C)c[nH]c2c1.Cc1ccc2c(SC#N)c[nH]c2c1. The first-order chi connectivity index (χ1) is 11.6. The maximum absolute atomic E-state index is 8.55. The van der Waals surface area contributed by atoms with Crippen molar-refractivity contribution in [3.05, 3.63) is 65.5 Å². The van der Waals surface area contributed by atoms with Gasteiger partial charge in [-0.2, -0.15) is 5.26 Å². The van der Waals surface area contributed by atoms with Crippen LogP contribution in [0.15, 0.2) is 53.7 Å². The number of fused-ring (bicyclic) bond motifs is 2. The minimum absolute atomic E-state index is 0.998. The van der Waals surface area contributed by atoms with Gasteiger partial charge in [-0.1, -0.05) is 24.3 Å². The quantitative estimate of drug-likeness (QED) is 0.340. The van der Waals surface area contributed by atoms with E-state index in [1.807, 2.05) is 18.5 Å². The number of aromatic amines is 2. The van der Waals surface area contributed by atoms with Crippen molar-refractivity contribution in [3.63, 3.8) is 0 Å². The molecule has 4 aromatic rings. The highest BCUT2D eigenvalue weighted by atomic mass is 32.2. The Bertz CT molecular complexity index is 1030. The fraction of sp³-hybridized carbons (Fsp3) is 0.150. The van der Waals surface area contributed by atoms with Gasteiger partial charge in [-0.25, -0.2) is 0 Å². The van der Waals surface area contributed by atoms with Gasteiger partial charge in [0.05, 0.1) is 0 Å². The first-order valence-corrected chi connectivity index (χ1v) is 8.58. The normalized spacial score (nSPS) is 10.4. The standard InChI is InChI=1S/C10H8N2S.C10H11N/c1-7-2-3-8-9(4-7)12-5-10(8)13-6-11;1-7-3-4-9-8(2)6-11-10(9)5-7/h2-5,12H,1H3;3-6,11H,1-2H3. The minimum Gasteiger partial charge on any atom is -0.361 e. The molecule has 0 spiro atoms. The van der Waals surface area contributed by atoms with Crippen LogP contribution >= 0.6 is 11.8 Å². The number of aryl methyl sites for hydroxylation is 3. The van der Waals surface area contributed by atoms with Crippen LogP contribution in [-0.4, -0.2) is 9.97 Å². The third kappa shape index (κ3) is 3.32. The maximum Gasteiger partial charge on any atom is 0.138 e. The van der Waals surface area contributed by atoms with E-state index in [-0.39, 0.29) is 0 Å². The first-order valence-electron chi connectivity index (χ1n) is 7.76. The second kappa shape index (κ2) is 6.86. The van der Waals surface area contributed by atoms with Gasteiger partial charge in [-0.15, -0.1) is 0 Å². The van der Waals surface area contributed by atoms with E-state index in [4.69, 9.17) is 5.26 Å².